The van der Waals surface area contributed by atoms with Crippen molar-refractivity contribution in [2.45, 2.75) is 17.3 Å². The molecule has 134 valence electrons. The predicted molar refractivity (Wildman–Crippen MR) is 104 cm³/mol. The normalized spacial score (nSPS) is 12.2. The lowest BCUT2D eigenvalue weighted by Gasteiger charge is -2.12. The van der Waals surface area contributed by atoms with Crippen molar-refractivity contribution in [3.05, 3.63) is 58.9 Å². The number of ether oxygens (including phenoxy) is 1. The molecule has 0 aliphatic rings. The molecule has 0 bridgehead atoms. The largest absolute Gasteiger partial charge is 0.497 e. The summed E-state index contributed by atoms with van der Waals surface area (Å²) >= 11 is 1.30. The number of hydrogen-bond donors (Lipinski definition) is 0. The summed E-state index contributed by atoms with van der Waals surface area (Å²) in [7, 11) is 1.59. The standard InChI is InChI=1S/C19H15N5O2S/c1-12(11-20)27-19-22-21-18-23(13-7-9-14(26-2)10-8-13)17(25)15-5-3-4-6-16(15)24(18)19/h3-10,12H,1-2H3/t12-/m0/s1. The summed E-state index contributed by atoms with van der Waals surface area (Å²) in [6.45, 7) is 1.80. The number of rotatable bonds is 4. The fourth-order valence-corrected chi connectivity index (χ4v) is 3.65. The maximum atomic E-state index is 13.2. The quantitative estimate of drug-likeness (QED) is 0.508. The first-order chi connectivity index (χ1) is 13.1. The lowest BCUT2D eigenvalue weighted by molar-refractivity contribution is 0.414. The van der Waals surface area contributed by atoms with Crippen LogP contribution in [0.25, 0.3) is 22.4 Å². The molecule has 4 rings (SSSR count). The summed E-state index contributed by atoms with van der Waals surface area (Å²) in [6.07, 6.45) is 0. The molecule has 4 aromatic rings. The number of aromatic nitrogens is 4. The summed E-state index contributed by atoms with van der Waals surface area (Å²) in [5.41, 5.74) is 1.19. The van der Waals surface area contributed by atoms with Gasteiger partial charge in [-0.05, 0) is 43.3 Å². The van der Waals surface area contributed by atoms with Gasteiger partial charge in [0.15, 0.2) is 5.16 Å². The number of methoxy groups -OCH3 is 1. The molecule has 0 amide bonds. The molecular formula is C19H15N5O2S. The van der Waals surface area contributed by atoms with Gasteiger partial charge in [0.1, 0.15) is 5.75 Å². The Morgan fingerprint density at radius 2 is 1.89 bits per heavy atom. The Hall–Kier alpha value is -3.31. The zero-order valence-corrected chi connectivity index (χ0v) is 15.5. The van der Waals surface area contributed by atoms with E-state index in [1.807, 2.05) is 22.6 Å². The van der Waals surface area contributed by atoms with E-state index in [0.29, 0.717) is 33.3 Å². The van der Waals surface area contributed by atoms with Crippen LogP contribution >= 0.6 is 11.8 Å². The number of benzene rings is 2. The van der Waals surface area contributed by atoms with Crippen molar-refractivity contribution in [3.8, 4) is 17.5 Å². The molecule has 0 spiro atoms. The van der Waals surface area contributed by atoms with Crippen molar-refractivity contribution >= 4 is 28.4 Å². The van der Waals surface area contributed by atoms with Crippen molar-refractivity contribution in [2.75, 3.05) is 7.11 Å². The zero-order valence-electron chi connectivity index (χ0n) is 14.7. The molecule has 2 aromatic heterocycles. The number of hydrogen-bond acceptors (Lipinski definition) is 6. The maximum absolute atomic E-state index is 13.2. The van der Waals surface area contributed by atoms with Gasteiger partial charge in [-0.25, -0.2) is 4.57 Å². The highest BCUT2D eigenvalue weighted by Crippen LogP contribution is 2.26. The van der Waals surface area contributed by atoms with E-state index < -0.39 is 0 Å². The summed E-state index contributed by atoms with van der Waals surface area (Å²) in [6, 6.07) is 16.7. The van der Waals surface area contributed by atoms with Crippen molar-refractivity contribution in [1.82, 2.24) is 19.2 Å². The number of thioether (sulfide) groups is 1. The van der Waals surface area contributed by atoms with Crippen LogP contribution in [0.1, 0.15) is 6.92 Å². The SMILES string of the molecule is COc1ccc(-n2c(=O)c3ccccc3n3c(S[C@@H](C)C#N)nnc23)cc1. The van der Waals surface area contributed by atoms with Crippen molar-refractivity contribution in [3.63, 3.8) is 0 Å². The van der Waals surface area contributed by atoms with Crippen LogP contribution in [-0.2, 0) is 0 Å². The molecule has 0 aliphatic heterocycles. The smallest absolute Gasteiger partial charge is 0.267 e. The van der Waals surface area contributed by atoms with Crippen molar-refractivity contribution in [2.24, 2.45) is 0 Å². The van der Waals surface area contributed by atoms with Crippen LogP contribution in [0.15, 0.2) is 58.5 Å². The van der Waals surface area contributed by atoms with E-state index in [2.05, 4.69) is 16.3 Å². The highest BCUT2D eigenvalue weighted by Gasteiger charge is 2.19. The van der Waals surface area contributed by atoms with E-state index in [-0.39, 0.29) is 10.8 Å². The maximum Gasteiger partial charge on any atom is 0.267 e. The highest BCUT2D eigenvalue weighted by molar-refractivity contribution is 8.00. The van der Waals surface area contributed by atoms with E-state index in [1.54, 1.807) is 44.4 Å². The Bertz CT molecular complexity index is 1240. The number of para-hydroxylation sites is 1. The van der Waals surface area contributed by atoms with Crippen molar-refractivity contribution < 1.29 is 4.74 Å². The van der Waals surface area contributed by atoms with E-state index in [1.165, 1.54) is 16.3 Å². The zero-order chi connectivity index (χ0) is 19.0. The number of fused-ring (bicyclic) bond motifs is 3. The summed E-state index contributed by atoms with van der Waals surface area (Å²) in [4.78, 5) is 13.2. The molecule has 0 radical (unpaired) electrons. The summed E-state index contributed by atoms with van der Waals surface area (Å²) in [5, 5.41) is 18.5. The minimum atomic E-state index is -0.294. The van der Waals surface area contributed by atoms with Gasteiger partial charge in [-0.2, -0.15) is 5.26 Å². The van der Waals surface area contributed by atoms with Gasteiger partial charge in [-0.15, -0.1) is 10.2 Å². The summed E-state index contributed by atoms with van der Waals surface area (Å²) < 4.78 is 8.54. The molecular weight excluding hydrogens is 362 g/mol. The topological polar surface area (TPSA) is 85.2 Å². The van der Waals surface area contributed by atoms with Crippen LogP contribution in [0.2, 0.25) is 0 Å². The highest BCUT2D eigenvalue weighted by atomic mass is 32.2. The van der Waals surface area contributed by atoms with Gasteiger partial charge in [0.05, 0.1) is 35.0 Å². The first kappa shape index (κ1) is 17.1. The van der Waals surface area contributed by atoms with Crippen LogP contribution in [0.5, 0.6) is 5.75 Å². The second-order valence-corrected chi connectivity index (χ2v) is 7.17. The molecule has 8 heteroatoms. The molecule has 27 heavy (non-hydrogen) atoms. The predicted octanol–water partition coefficient (Wildman–Crippen LogP) is 3.05. The molecule has 2 aromatic carbocycles. The molecule has 0 fully saturated rings. The first-order valence-corrected chi connectivity index (χ1v) is 9.11. The lowest BCUT2D eigenvalue weighted by Crippen LogP contribution is -2.21. The average molecular weight is 377 g/mol. The summed E-state index contributed by atoms with van der Waals surface area (Å²) in [5.74, 6) is 1.10. The van der Waals surface area contributed by atoms with Gasteiger partial charge in [-0.1, -0.05) is 23.9 Å². The van der Waals surface area contributed by atoms with Gasteiger partial charge >= 0.3 is 0 Å². The monoisotopic (exact) mass is 377 g/mol. The Morgan fingerprint density at radius 3 is 2.59 bits per heavy atom. The Morgan fingerprint density at radius 1 is 1.15 bits per heavy atom. The molecule has 0 unspecified atom stereocenters. The fraction of sp³-hybridized carbons (Fsp3) is 0.158. The molecule has 7 nitrogen and oxygen atoms in total. The third-order valence-electron chi connectivity index (χ3n) is 4.19. The molecule has 0 aliphatic carbocycles. The van der Waals surface area contributed by atoms with Gasteiger partial charge in [0.2, 0.25) is 5.78 Å². The van der Waals surface area contributed by atoms with Crippen LogP contribution in [0.3, 0.4) is 0 Å². The first-order valence-electron chi connectivity index (χ1n) is 8.23. The minimum absolute atomic E-state index is 0.180. The van der Waals surface area contributed by atoms with Crippen LogP contribution < -0.4 is 10.3 Å². The Balaban J connectivity index is 2.07. The van der Waals surface area contributed by atoms with Gasteiger partial charge in [0, 0.05) is 0 Å². The third-order valence-corrected chi connectivity index (χ3v) is 5.12. The van der Waals surface area contributed by atoms with Crippen molar-refractivity contribution in [1.29, 1.82) is 5.26 Å². The number of nitriles is 1. The fourth-order valence-electron chi connectivity index (χ4n) is 2.90. The van der Waals surface area contributed by atoms with Crippen LogP contribution in [-0.4, -0.2) is 31.5 Å². The third kappa shape index (κ3) is 2.82. The van der Waals surface area contributed by atoms with Crippen LogP contribution in [0.4, 0.5) is 0 Å². The van der Waals surface area contributed by atoms with E-state index >= 15 is 0 Å². The van der Waals surface area contributed by atoms with E-state index in [4.69, 9.17) is 10.00 Å². The Kier molecular flexibility index (Phi) is 4.30. The molecule has 0 N–H and O–H groups in total. The molecule has 2 heterocycles. The number of nitrogens with zero attached hydrogens (tertiary/aromatic N) is 5. The minimum Gasteiger partial charge on any atom is -0.497 e. The molecule has 1 atom stereocenters. The molecule has 0 saturated heterocycles. The lowest BCUT2D eigenvalue weighted by atomic mass is 10.2. The van der Waals surface area contributed by atoms with Crippen LogP contribution in [0, 0.1) is 11.3 Å². The van der Waals surface area contributed by atoms with Gasteiger partial charge < -0.3 is 4.74 Å². The second-order valence-electron chi connectivity index (χ2n) is 5.86. The average Bonchev–Trinajstić information content (AvgIpc) is 3.12. The van der Waals surface area contributed by atoms with Gasteiger partial charge in [0.25, 0.3) is 5.56 Å². The Labute approximate surface area is 158 Å². The van der Waals surface area contributed by atoms with E-state index in [9.17, 15) is 4.79 Å². The second kappa shape index (κ2) is 6.78. The molecule has 0 saturated carbocycles. The van der Waals surface area contributed by atoms with Gasteiger partial charge in [-0.3, -0.25) is 9.20 Å². The van der Waals surface area contributed by atoms with E-state index in [0.717, 1.165) is 0 Å².